The summed E-state index contributed by atoms with van der Waals surface area (Å²) in [6, 6.07) is 16.0. The number of phenolic OH excluding ortho intramolecular Hbond substituents is 1. The molecule has 0 saturated carbocycles. The van der Waals surface area contributed by atoms with Crippen LogP contribution in [-0.2, 0) is 16.5 Å². The first-order chi connectivity index (χ1) is 18.6. The molecule has 0 fully saturated rings. The SMILES string of the molecule is CCOc1cccc(Cl)c1NC(=O)c1cc2ccccc2c(N=Nc2c(CC)ccc(S(=O)(=O)O)c2Cl)c1O. The molecule has 1 amide bonds. The molecule has 0 spiro atoms. The number of azo groups is 1. The van der Waals surface area contributed by atoms with E-state index in [1.54, 1.807) is 56.3 Å². The van der Waals surface area contributed by atoms with Crippen molar-refractivity contribution in [3.63, 3.8) is 0 Å². The number of carbonyl (C=O) groups excluding carboxylic acids is 1. The van der Waals surface area contributed by atoms with Crippen LogP contribution in [0.1, 0.15) is 29.8 Å². The number of aryl methyl sites for hydroxylation is 1. The van der Waals surface area contributed by atoms with Gasteiger partial charge in [0.15, 0.2) is 5.75 Å². The van der Waals surface area contributed by atoms with E-state index in [-0.39, 0.29) is 32.7 Å². The van der Waals surface area contributed by atoms with Gasteiger partial charge in [-0.15, -0.1) is 10.2 Å². The number of hydrogen-bond acceptors (Lipinski definition) is 7. The van der Waals surface area contributed by atoms with Crippen LogP contribution in [0.15, 0.2) is 75.8 Å². The number of benzene rings is 4. The number of ether oxygens (including phenoxy) is 1. The molecule has 9 nitrogen and oxygen atoms in total. The Morgan fingerprint density at radius 3 is 2.41 bits per heavy atom. The van der Waals surface area contributed by atoms with E-state index in [0.717, 1.165) is 0 Å². The number of nitrogens with one attached hydrogen (secondary N) is 1. The van der Waals surface area contributed by atoms with Crippen LogP contribution >= 0.6 is 23.2 Å². The molecule has 0 saturated heterocycles. The number of anilines is 1. The molecule has 0 radical (unpaired) electrons. The molecule has 0 bridgehead atoms. The highest BCUT2D eigenvalue weighted by Gasteiger charge is 2.22. The van der Waals surface area contributed by atoms with Crippen molar-refractivity contribution >= 4 is 67.1 Å². The maximum Gasteiger partial charge on any atom is 0.296 e. The van der Waals surface area contributed by atoms with Gasteiger partial charge < -0.3 is 15.2 Å². The van der Waals surface area contributed by atoms with Gasteiger partial charge in [-0.2, -0.15) is 8.42 Å². The number of nitrogens with zero attached hydrogens (tertiary/aromatic N) is 2. The number of fused-ring (bicyclic) bond motifs is 1. The van der Waals surface area contributed by atoms with Crippen molar-refractivity contribution in [1.29, 1.82) is 0 Å². The van der Waals surface area contributed by atoms with E-state index in [4.69, 9.17) is 27.9 Å². The maximum absolute atomic E-state index is 13.4. The van der Waals surface area contributed by atoms with Crippen LogP contribution in [0, 0.1) is 0 Å². The predicted molar refractivity (Wildman–Crippen MR) is 151 cm³/mol. The summed E-state index contributed by atoms with van der Waals surface area (Å²) in [6.07, 6.45) is 0.426. The van der Waals surface area contributed by atoms with Crippen LogP contribution in [-0.4, -0.2) is 30.6 Å². The molecule has 0 aliphatic heterocycles. The fourth-order valence-electron chi connectivity index (χ4n) is 3.95. The molecule has 12 heteroatoms. The quantitative estimate of drug-likeness (QED) is 0.142. The molecule has 0 heterocycles. The van der Waals surface area contributed by atoms with Crippen molar-refractivity contribution in [3.05, 3.63) is 81.8 Å². The van der Waals surface area contributed by atoms with E-state index in [1.807, 2.05) is 0 Å². The summed E-state index contributed by atoms with van der Waals surface area (Å²) in [6.45, 7) is 3.94. The molecule has 0 aromatic heterocycles. The van der Waals surface area contributed by atoms with Crippen molar-refractivity contribution in [2.45, 2.75) is 25.2 Å². The molecule has 3 N–H and O–H groups in total. The lowest BCUT2D eigenvalue weighted by molar-refractivity contribution is 0.102. The molecular formula is C27H23Cl2N3O6S. The summed E-state index contributed by atoms with van der Waals surface area (Å²) < 4.78 is 38.6. The molecule has 0 atom stereocenters. The van der Waals surface area contributed by atoms with Crippen molar-refractivity contribution in [1.82, 2.24) is 0 Å². The van der Waals surface area contributed by atoms with Crippen molar-refractivity contribution in [3.8, 4) is 11.5 Å². The molecule has 39 heavy (non-hydrogen) atoms. The number of phenols is 1. The Bertz CT molecular complexity index is 1720. The van der Waals surface area contributed by atoms with Crippen molar-refractivity contribution in [2.24, 2.45) is 10.2 Å². The minimum Gasteiger partial charge on any atom is -0.505 e. The van der Waals surface area contributed by atoms with Gasteiger partial charge in [0.1, 0.15) is 27.7 Å². The minimum atomic E-state index is -4.62. The number of aromatic hydroxyl groups is 1. The highest BCUT2D eigenvalue weighted by Crippen LogP contribution is 2.42. The minimum absolute atomic E-state index is 0.00468. The van der Waals surface area contributed by atoms with Crippen LogP contribution in [0.25, 0.3) is 10.8 Å². The van der Waals surface area contributed by atoms with E-state index in [2.05, 4.69) is 15.5 Å². The zero-order valence-electron chi connectivity index (χ0n) is 20.8. The standard InChI is InChI=1S/C27H23Cl2N3O6S/c1-3-15-12-13-21(39(35,36)37)22(29)23(15)31-32-24-17-9-6-5-8-16(17)14-18(26(24)33)27(34)30-25-19(28)10-7-11-20(25)38-4-2/h5-14,33H,3-4H2,1-2H3,(H,30,34)(H,35,36,37). The third-order valence-corrected chi connectivity index (χ3v) is 7.53. The van der Waals surface area contributed by atoms with Crippen LogP contribution in [0.2, 0.25) is 10.0 Å². The van der Waals surface area contributed by atoms with Crippen LogP contribution < -0.4 is 10.1 Å². The second-order valence-electron chi connectivity index (χ2n) is 8.26. The molecule has 4 aromatic carbocycles. The Morgan fingerprint density at radius 1 is 1.00 bits per heavy atom. The Balaban J connectivity index is 1.85. The normalized spacial score (nSPS) is 11.7. The first kappa shape index (κ1) is 28.3. The van der Waals surface area contributed by atoms with Gasteiger partial charge in [-0.1, -0.05) is 66.5 Å². The largest absolute Gasteiger partial charge is 0.505 e. The van der Waals surface area contributed by atoms with Crippen LogP contribution in [0.5, 0.6) is 11.5 Å². The fraction of sp³-hybridized carbons (Fsp3) is 0.148. The Hall–Kier alpha value is -3.70. The lowest BCUT2D eigenvalue weighted by atomic mass is 10.0. The van der Waals surface area contributed by atoms with Gasteiger partial charge in [-0.25, -0.2) is 0 Å². The molecule has 202 valence electrons. The van der Waals surface area contributed by atoms with Gasteiger partial charge in [0.2, 0.25) is 0 Å². The second-order valence-corrected chi connectivity index (χ2v) is 10.4. The Labute approximate surface area is 234 Å². The monoisotopic (exact) mass is 587 g/mol. The Kier molecular flexibility index (Phi) is 8.41. The first-order valence-corrected chi connectivity index (χ1v) is 13.9. The van der Waals surface area contributed by atoms with E-state index < -0.39 is 26.7 Å². The molecular weight excluding hydrogens is 565 g/mol. The summed E-state index contributed by atoms with van der Waals surface area (Å²) in [5.74, 6) is -0.788. The highest BCUT2D eigenvalue weighted by atomic mass is 35.5. The van der Waals surface area contributed by atoms with Crippen LogP contribution in [0.4, 0.5) is 17.1 Å². The van der Waals surface area contributed by atoms with E-state index >= 15 is 0 Å². The van der Waals surface area contributed by atoms with Gasteiger partial charge in [0, 0.05) is 5.39 Å². The van der Waals surface area contributed by atoms with E-state index in [9.17, 15) is 22.9 Å². The topological polar surface area (TPSA) is 138 Å². The number of halogens is 2. The average molecular weight is 588 g/mol. The zero-order valence-corrected chi connectivity index (χ0v) is 23.1. The zero-order chi connectivity index (χ0) is 28.3. The fourth-order valence-corrected chi connectivity index (χ4v) is 5.24. The van der Waals surface area contributed by atoms with Gasteiger partial charge in [0.25, 0.3) is 16.0 Å². The molecule has 0 aliphatic rings. The lowest BCUT2D eigenvalue weighted by Gasteiger charge is -2.15. The van der Waals surface area contributed by atoms with Crippen molar-refractivity contribution in [2.75, 3.05) is 11.9 Å². The number of carbonyl (C=O) groups is 1. The highest BCUT2D eigenvalue weighted by molar-refractivity contribution is 7.86. The van der Waals surface area contributed by atoms with E-state index in [0.29, 0.717) is 35.1 Å². The second kappa shape index (κ2) is 11.6. The Morgan fingerprint density at radius 2 is 1.72 bits per heavy atom. The van der Waals surface area contributed by atoms with Crippen LogP contribution in [0.3, 0.4) is 0 Å². The third kappa shape index (κ3) is 5.84. The number of amides is 1. The third-order valence-electron chi connectivity index (χ3n) is 5.83. The summed E-state index contributed by atoms with van der Waals surface area (Å²) >= 11 is 12.6. The number of para-hydroxylation sites is 1. The van der Waals surface area contributed by atoms with Gasteiger partial charge in [-0.3, -0.25) is 9.35 Å². The van der Waals surface area contributed by atoms with Gasteiger partial charge >= 0.3 is 0 Å². The predicted octanol–water partition coefficient (Wildman–Crippen LogP) is 7.73. The van der Waals surface area contributed by atoms with E-state index in [1.165, 1.54) is 18.2 Å². The summed E-state index contributed by atoms with van der Waals surface area (Å²) in [5, 5.41) is 23.2. The summed E-state index contributed by atoms with van der Waals surface area (Å²) in [7, 11) is -4.62. The van der Waals surface area contributed by atoms with Crippen molar-refractivity contribution < 1.29 is 27.6 Å². The summed E-state index contributed by atoms with van der Waals surface area (Å²) in [4.78, 5) is 12.8. The molecule has 0 unspecified atom stereocenters. The maximum atomic E-state index is 13.4. The molecule has 4 rings (SSSR count). The number of rotatable bonds is 8. The molecule has 0 aliphatic carbocycles. The lowest BCUT2D eigenvalue weighted by Crippen LogP contribution is -2.14. The number of hydrogen-bond donors (Lipinski definition) is 3. The van der Waals surface area contributed by atoms with Gasteiger partial charge in [0.05, 0.1) is 22.2 Å². The summed E-state index contributed by atoms with van der Waals surface area (Å²) in [5.41, 5.74) is 0.639. The average Bonchev–Trinajstić information content (AvgIpc) is 2.89. The first-order valence-electron chi connectivity index (χ1n) is 11.7. The smallest absolute Gasteiger partial charge is 0.296 e. The molecule has 4 aromatic rings. The van der Waals surface area contributed by atoms with Gasteiger partial charge in [-0.05, 0) is 48.6 Å².